The molecule has 92 valence electrons. The molecule has 0 fully saturated rings. The fourth-order valence-electron chi connectivity index (χ4n) is 1.35. The van der Waals surface area contributed by atoms with Gasteiger partial charge in [0.2, 0.25) is 0 Å². The normalized spacial score (nSPS) is 9.76. The number of hydrogen-bond acceptors (Lipinski definition) is 2. The second kappa shape index (κ2) is 6.68. The molecule has 0 aliphatic carbocycles. The number of hydrogen-bond donors (Lipinski definition) is 2. The van der Waals surface area contributed by atoms with Gasteiger partial charge in [-0.1, -0.05) is 31.5 Å². The minimum absolute atomic E-state index is 0.538. The summed E-state index contributed by atoms with van der Waals surface area (Å²) in [5.74, 6) is -1.20. The molecule has 0 bridgehead atoms. The average Bonchev–Trinajstić information content (AvgIpc) is 2.32. The molecule has 0 unspecified atom stereocenters. The van der Waals surface area contributed by atoms with E-state index in [4.69, 9.17) is 0 Å². The van der Waals surface area contributed by atoms with Gasteiger partial charge in [-0.3, -0.25) is 9.59 Å². The van der Waals surface area contributed by atoms with Gasteiger partial charge in [0.05, 0.1) is 0 Å². The highest BCUT2D eigenvalue weighted by molar-refractivity contribution is 6.39. The van der Waals surface area contributed by atoms with E-state index >= 15 is 0 Å². The summed E-state index contributed by atoms with van der Waals surface area (Å²) in [5.41, 5.74) is 1.60. The number of nitrogens with one attached hydrogen (secondary N) is 2. The molecule has 1 aromatic rings. The van der Waals surface area contributed by atoms with Crippen LogP contribution in [0.25, 0.3) is 0 Å². The lowest BCUT2D eigenvalue weighted by atomic mass is 10.2. The van der Waals surface area contributed by atoms with Crippen molar-refractivity contribution in [3.63, 3.8) is 0 Å². The molecule has 1 aromatic carbocycles. The molecule has 4 heteroatoms. The van der Waals surface area contributed by atoms with Gasteiger partial charge in [-0.15, -0.1) is 0 Å². The van der Waals surface area contributed by atoms with Crippen LogP contribution >= 0.6 is 0 Å². The second-order valence-corrected chi connectivity index (χ2v) is 3.88. The fraction of sp³-hybridized carbons (Fsp3) is 0.385. The van der Waals surface area contributed by atoms with Crippen LogP contribution in [0.2, 0.25) is 0 Å². The molecule has 0 aliphatic heterocycles. The lowest BCUT2D eigenvalue weighted by Crippen LogP contribution is -2.36. The van der Waals surface area contributed by atoms with Gasteiger partial charge in [-0.25, -0.2) is 0 Å². The Morgan fingerprint density at radius 2 is 1.88 bits per heavy atom. The molecule has 2 N–H and O–H groups in total. The van der Waals surface area contributed by atoms with Crippen LogP contribution in [0.5, 0.6) is 0 Å². The molecule has 0 radical (unpaired) electrons. The number of rotatable bonds is 4. The van der Waals surface area contributed by atoms with Crippen molar-refractivity contribution in [1.82, 2.24) is 5.32 Å². The molecule has 4 nitrogen and oxygen atoms in total. The van der Waals surface area contributed by atoms with Gasteiger partial charge in [0.25, 0.3) is 0 Å². The molecule has 0 aliphatic rings. The van der Waals surface area contributed by atoms with Gasteiger partial charge in [0.1, 0.15) is 0 Å². The predicted octanol–water partition coefficient (Wildman–Crippen LogP) is 1.85. The number of aryl methyl sites for hydroxylation is 1. The van der Waals surface area contributed by atoms with Crippen LogP contribution in [0.3, 0.4) is 0 Å². The molecule has 0 saturated carbocycles. The summed E-state index contributed by atoms with van der Waals surface area (Å²) in [7, 11) is 0. The topological polar surface area (TPSA) is 58.2 Å². The van der Waals surface area contributed by atoms with E-state index < -0.39 is 11.8 Å². The number of anilines is 1. The van der Waals surface area contributed by atoms with Crippen molar-refractivity contribution in [3.8, 4) is 0 Å². The SMILES string of the molecule is CCCCNC(=O)C(=O)Nc1ccccc1C. The summed E-state index contributed by atoms with van der Waals surface area (Å²) in [6.45, 7) is 4.45. The first-order valence-corrected chi connectivity index (χ1v) is 5.80. The summed E-state index contributed by atoms with van der Waals surface area (Å²) in [4.78, 5) is 22.9. The quantitative estimate of drug-likeness (QED) is 0.617. The van der Waals surface area contributed by atoms with Gasteiger partial charge in [0, 0.05) is 12.2 Å². The largest absolute Gasteiger partial charge is 0.348 e. The van der Waals surface area contributed by atoms with E-state index in [1.807, 2.05) is 32.0 Å². The van der Waals surface area contributed by atoms with Gasteiger partial charge in [-0.05, 0) is 25.0 Å². The Bertz CT molecular complexity index is 402. The number of amides is 2. The third-order valence-corrected chi connectivity index (χ3v) is 2.42. The maximum Gasteiger partial charge on any atom is 0.313 e. The van der Waals surface area contributed by atoms with Crippen LogP contribution in [0.15, 0.2) is 24.3 Å². The van der Waals surface area contributed by atoms with Crippen molar-refractivity contribution in [2.45, 2.75) is 26.7 Å². The zero-order valence-electron chi connectivity index (χ0n) is 10.2. The lowest BCUT2D eigenvalue weighted by molar-refractivity contribution is -0.136. The third-order valence-electron chi connectivity index (χ3n) is 2.42. The van der Waals surface area contributed by atoms with E-state index in [9.17, 15) is 9.59 Å². The average molecular weight is 234 g/mol. The number of para-hydroxylation sites is 1. The Balaban J connectivity index is 2.49. The van der Waals surface area contributed by atoms with Crippen molar-refractivity contribution in [1.29, 1.82) is 0 Å². The molecule has 17 heavy (non-hydrogen) atoms. The van der Waals surface area contributed by atoms with Crippen molar-refractivity contribution in [3.05, 3.63) is 29.8 Å². The highest BCUT2D eigenvalue weighted by Crippen LogP contribution is 2.12. The lowest BCUT2D eigenvalue weighted by Gasteiger charge is -2.08. The molecule has 0 saturated heterocycles. The maximum atomic E-state index is 11.5. The molecular weight excluding hydrogens is 216 g/mol. The number of carbonyl (C=O) groups is 2. The van der Waals surface area contributed by atoms with Crippen molar-refractivity contribution in [2.24, 2.45) is 0 Å². The van der Waals surface area contributed by atoms with Gasteiger partial charge >= 0.3 is 11.8 Å². The van der Waals surface area contributed by atoms with E-state index in [2.05, 4.69) is 10.6 Å². The summed E-state index contributed by atoms with van der Waals surface area (Å²) in [6, 6.07) is 7.35. The van der Waals surface area contributed by atoms with Crippen molar-refractivity contribution < 1.29 is 9.59 Å². The Kier molecular flexibility index (Phi) is 5.20. The molecule has 0 aromatic heterocycles. The highest BCUT2D eigenvalue weighted by atomic mass is 16.2. The van der Waals surface area contributed by atoms with Crippen LogP contribution < -0.4 is 10.6 Å². The predicted molar refractivity (Wildman–Crippen MR) is 67.7 cm³/mol. The molecule has 0 spiro atoms. The molecular formula is C13H18N2O2. The smallest absolute Gasteiger partial charge is 0.313 e. The first-order valence-electron chi connectivity index (χ1n) is 5.80. The van der Waals surface area contributed by atoms with Crippen molar-refractivity contribution >= 4 is 17.5 Å². The Labute approximate surface area is 101 Å². The molecule has 2 amide bonds. The summed E-state index contributed by atoms with van der Waals surface area (Å²) >= 11 is 0. The summed E-state index contributed by atoms with van der Waals surface area (Å²) in [6.07, 6.45) is 1.86. The Morgan fingerprint density at radius 1 is 1.18 bits per heavy atom. The first kappa shape index (κ1) is 13.2. The zero-order valence-corrected chi connectivity index (χ0v) is 10.2. The minimum Gasteiger partial charge on any atom is -0.348 e. The van der Waals surface area contributed by atoms with Crippen molar-refractivity contribution in [2.75, 3.05) is 11.9 Å². The zero-order chi connectivity index (χ0) is 12.7. The second-order valence-electron chi connectivity index (χ2n) is 3.88. The van der Waals surface area contributed by atoms with Gasteiger partial charge in [0.15, 0.2) is 0 Å². The molecule has 0 atom stereocenters. The number of unbranched alkanes of at least 4 members (excludes halogenated alkanes) is 1. The Morgan fingerprint density at radius 3 is 2.53 bits per heavy atom. The van der Waals surface area contributed by atoms with Gasteiger partial charge < -0.3 is 10.6 Å². The van der Waals surface area contributed by atoms with E-state index in [0.29, 0.717) is 12.2 Å². The molecule has 1 rings (SSSR count). The monoisotopic (exact) mass is 234 g/mol. The minimum atomic E-state index is -0.615. The maximum absolute atomic E-state index is 11.5. The standard InChI is InChI=1S/C13H18N2O2/c1-3-4-9-14-12(16)13(17)15-11-8-6-5-7-10(11)2/h5-8H,3-4,9H2,1-2H3,(H,14,16)(H,15,17). The first-order chi connectivity index (χ1) is 8.15. The Hall–Kier alpha value is -1.84. The fourth-order valence-corrected chi connectivity index (χ4v) is 1.35. The van der Waals surface area contributed by atoms with Crippen LogP contribution in [-0.2, 0) is 9.59 Å². The summed E-state index contributed by atoms with van der Waals surface area (Å²) < 4.78 is 0. The number of carbonyl (C=O) groups excluding carboxylic acids is 2. The van der Waals surface area contributed by atoms with Crippen LogP contribution in [0.1, 0.15) is 25.3 Å². The number of benzene rings is 1. The summed E-state index contributed by atoms with van der Waals surface area (Å²) in [5, 5.41) is 5.16. The third kappa shape index (κ3) is 4.26. The van der Waals surface area contributed by atoms with E-state index in [-0.39, 0.29) is 0 Å². The van der Waals surface area contributed by atoms with Crippen LogP contribution in [0.4, 0.5) is 5.69 Å². The highest BCUT2D eigenvalue weighted by Gasteiger charge is 2.13. The van der Waals surface area contributed by atoms with E-state index in [1.54, 1.807) is 6.07 Å². The van der Waals surface area contributed by atoms with E-state index in [0.717, 1.165) is 18.4 Å². The van der Waals surface area contributed by atoms with Crippen LogP contribution in [-0.4, -0.2) is 18.4 Å². The van der Waals surface area contributed by atoms with E-state index in [1.165, 1.54) is 0 Å². The van der Waals surface area contributed by atoms with Crippen LogP contribution in [0, 0.1) is 6.92 Å². The van der Waals surface area contributed by atoms with Gasteiger partial charge in [-0.2, -0.15) is 0 Å². The molecule has 0 heterocycles.